The molecular formula is C3H4S5. The maximum atomic E-state index is 3.92. The average Bonchev–Trinajstić information content (AvgIpc) is 1.81. The fraction of sp³-hybridized carbons (Fsp3) is 0. The standard InChI is InChI=1S/C3H4S5/c1-2-3-5-7-8-6-4/h3-4H,1H2. The van der Waals surface area contributed by atoms with Crippen LogP contribution in [0.15, 0.2) is 17.7 Å². The van der Waals surface area contributed by atoms with E-state index in [-0.39, 0.29) is 0 Å². The minimum absolute atomic E-state index is 1.44. The van der Waals surface area contributed by atoms with Gasteiger partial charge in [-0.3, -0.25) is 0 Å². The van der Waals surface area contributed by atoms with E-state index in [9.17, 15) is 0 Å². The molecule has 0 aromatic carbocycles. The van der Waals surface area contributed by atoms with Gasteiger partial charge >= 0.3 is 0 Å². The van der Waals surface area contributed by atoms with Gasteiger partial charge in [0.15, 0.2) is 0 Å². The maximum absolute atomic E-state index is 3.92. The molecule has 0 fully saturated rings. The molecule has 0 spiro atoms. The predicted octanol–water partition coefficient (Wildman–Crippen LogP) is 3.81. The monoisotopic (exact) mass is 200 g/mol. The van der Waals surface area contributed by atoms with Gasteiger partial charge in [0.25, 0.3) is 0 Å². The summed E-state index contributed by atoms with van der Waals surface area (Å²) in [6.45, 7) is 3.41. The second-order valence-corrected chi connectivity index (χ2v) is 7.11. The van der Waals surface area contributed by atoms with Crippen LogP contribution in [0.25, 0.3) is 0 Å². The van der Waals surface area contributed by atoms with E-state index < -0.39 is 0 Å². The van der Waals surface area contributed by atoms with Crippen molar-refractivity contribution in [1.82, 2.24) is 0 Å². The second-order valence-electron chi connectivity index (χ2n) is 0.629. The summed E-state index contributed by atoms with van der Waals surface area (Å²) < 4.78 is 0. The van der Waals surface area contributed by atoms with Gasteiger partial charge in [0.1, 0.15) is 0 Å². The van der Waals surface area contributed by atoms with Crippen molar-refractivity contribution in [2.75, 3.05) is 0 Å². The van der Waals surface area contributed by atoms with E-state index in [0.717, 1.165) is 0 Å². The van der Waals surface area contributed by atoms with Gasteiger partial charge in [-0.25, -0.2) is 0 Å². The molecule has 0 nitrogen and oxygen atoms in total. The molecule has 0 saturated heterocycles. The smallest absolute Gasteiger partial charge is 0.0241 e. The SMILES string of the molecule is C=C=CSSSSS. The molecule has 0 heterocycles. The van der Waals surface area contributed by atoms with Crippen LogP contribution in [-0.2, 0) is 0 Å². The van der Waals surface area contributed by atoms with Crippen LogP contribution in [-0.4, -0.2) is 0 Å². The summed E-state index contributed by atoms with van der Waals surface area (Å²) in [5.74, 6) is 0. The third-order valence-electron chi connectivity index (χ3n) is 0.229. The van der Waals surface area contributed by atoms with Crippen LogP contribution in [0.5, 0.6) is 0 Å². The Morgan fingerprint density at radius 2 is 2.25 bits per heavy atom. The van der Waals surface area contributed by atoms with Gasteiger partial charge in [0.2, 0.25) is 0 Å². The molecule has 0 unspecified atom stereocenters. The van der Waals surface area contributed by atoms with Crippen LogP contribution in [0, 0.1) is 0 Å². The molecule has 0 atom stereocenters. The minimum atomic E-state index is 1.44. The Kier molecular flexibility index (Phi) is 9.58. The van der Waals surface area contributed by atoms with Crippen LogP contribution < -0.4 is 0 Å². The maximum Gasteiger partial charge on any atom is 0.0241 e. The lowest BCUT2D eigenvalue weighted by Crippen LogP contribution is -1.28. The van der Waals surface area contributed by atoms with Gasteiger partial charge in [-0.05, 0) is 40.3 Å². The summed E-state index contributed by atoms with van der Waals surface area (Å²) >= 11 is 3.92. The Morgan fingerprint density at radius 1 is 1.50 bits per heavy atom. The Morgan fingerprint density at radius 3 is 2.75 bits per heavy atom. The summed E-state index contributed by atoms with van der Waals surface area (Å²) in [5.41, 5.74) is 2.65. The quantitative estimate of drug-likeness (QED) is 0.317. The third-order valence-corrected chi connectivity index (χ3v) is 6.46. The van der Waals surface area contributed by atoms with Crippen molar-refractivity contribution in [2.24, 2.45) is 0 Å². The van der Waals surface area contributed by atoms with Crippen molar-refractivity contribution in [1.29, 1.82) is 0 Å². The fourth-order valence-corrected chi connectivity index (χ4v) is 5.15. The summed E-state index contributed by atoms with van der Waals surface area (Å²) in [5, 5.41) is 1.81. The van der Waals surface area contributed by atoms with Gasteiger partial charge in [-0.2, -0.15) is 0 Å². The van der Waals surface area contributed by atoms with Crippen LogP contribution in [0.1, 0.15) is 0 Å². The highest BCUT2D eigenvalue weighted by molar-refractivity contribution is 9.34. The Hall–Kier alpha value is 1.27. The molecule has 8 heavy (non-hydrogen) atoms. The highest BCUT2D eigenvalue weighted by Crippen LogP contribution is 2.44. The molecule has 0 amide bonds. The summed E-state index contributed by atoms with van der Waals surface area (Å²) in [7, 11) is 6.28. The van der Waals surface area contributed by atoms with Crippen molar-refractivity contribution < 1.29 is 0 Å². The van der Waals surface area contributed by atoms with Gasteiger partial charge in [-0.15, -0.1) is 5.73 Å². The molecule has 0 rings (SSSR count). The highest BCUT2D eigenvalue weighted by Gasteiger charge is 1.81. The lowest BCUT2D eigenvalue weighted by Gasteiger charge is -1.84. The normalized spacial score (nSPS) is 8.12. The van der Waals surface area contributed by atoms with Crippen LogP contribution in [0.2, 0.25) is 0 Å². The Balaban J connectivity index is 2.82. The molecule has 46 valence electrons. The lowest BCUT2D eigenvalue weighted by molar-refractivity contribution is 2.46. The van der Waals surface area contributed by atoms with E-state index in [1.54, 1.807) is 30.4 Å². The van der Waals surface area contributed by atoms with E-state index in [4.69, 9.17) is 0 Å². The number of thiol groups is 1. The van der Waals surface area contributed by atoms with Gasteiger partial charge in [0, 0.05) is 5.41 Å². The van der Waals surface area contributed by atoms with Crippen molar-refractivity contribution in [2.45, 2.75) is 0 Å². The van der Waals surface area contributed by atoms with Crippen molar-refractivity contribution in [3.8, 4) is 0 Å². The molecule has 0 radical (unpaired) electrons. The van der Waals surface area contributed by atoms with Gasteiger partial charge < -0.3 is 0 Å². The van der Waals surface area contributed by atoms with Gasteiger partial charge in [-0.1, -0.05) is 18.2 Å². The van der Waals surface area contributed by atoms with E-state index in [0.29, 0.717) is 0 Å². The molecule has 0 N–H and O–H groups in total. The third kappa shape index (κ3) is 7.27. The highest BCUT2D eigenvalue weighted by atomic mass is 33.8. The van der Waals surface area contributed by atoms with E-state index in [1.807, 2.05) is 5.41 Å². The van der Waals surface area contributed by atoms with Crippen LogP contribution in [0.4, 0.5) is 0 Å². The zero-order chi connectivity index (χ0) is 6.24. The first-order valence-corrected chi connectivity index (χ1v) is 7.49. The molecular weight excluding hydrogens is 196 g/mol. The van der Waals surface area contributed by atoms with Crippen LogP contribution in [0.3, 0.4) is 0 Å². The van der Waals surface area contributed by atoms with Crippen LogP contribution >= 0.6 is 51.9 Å². The Labute approximate surface area is 69.3 Å². The summed E-state index contributed by atoms with van der Waals surface area (Å²) in [6, 6.07) is 0. The molecule has 0 aromatic rings. The average molecular weight is 200 g/mol. The van der Waals surface area contributed by atoms with Crippen molar-refractivity contribution >= 4 is 51.9 Å². The molecule has 0 aliphatic rings. The largest absolute Gasteiger partial charge is 0.121 e. The van der Waals surface area contributed by atoms with Crippen molar-refractivity contribution in [3.63, 3.8) is 0 Å². The fourth-order valence-electron chi connectivity index (χ4n) is 0.0821. The molecule has 0 aromatic heterocycles. The zero-order valence-electron chi connectivity index (χ0n) is 3.86. The summed E-state index contributed by atoms with van der Waals surface area (Å²) in [6.07, 6.45) is 0. The molecule has 5 heteroatoms. The minimum Gasteiger partial charge on any atom is -0.121 e. The molecule has 0 saturated carbocycles. The topological polar surface area (TPSA) is 0 Å². The summed E-state index contributed by atoms with van der Waals surface area (Å²) in [4.78, 5) is 0. The molecule has 0 aliphatic heterocycles. The van der Waals surface area contributed by atoms with Gasteiger partial charge in [0.05, 0.1) is 0 Å². The lowest BCUT2D eigenvalue weighted by atomic mass is 11.0. The first-order chi connectivity index (χ1) is 3.91. The first-order valence-electron chi connectivity index (χ1n) is 1.56. The van der Waals surface area contributed by atoms with E-state index >= 15 is 0 Å². The van der Waals surface area contributed by atoms with E-state index in [1.165, 1.54) is 9.83 Å². The number of hydrogen-bond acceptors (Lipinski definition) is 5. The predicted molar refractivity (Wildman–Crippen MR) is 53.1 cm³/mol. The van der Waals surface area contributed by atoms with E-state index in [2.05, 4.69) is 24.0 Å². The second kappa shape index (κ2) is 8.27. The zero-order valence-corrected chi connectivity index (χ0v) is 8.03. The van der Waals surface area contributed by atoms with Crippen molar-refractivity contribution in [3.05, 3.63) is 17.7 Å². The number of hydrogen-bond donors (Lipinski definition) is 1. The number of rotatable bonds is 4. The first kappa shape index (κ1) is 9.27. The Bertz CT molecular complexity index is 83.7. The molecule has 0 bridgehead atoms. The molecule has 0 aliphatic carbocycles.